The van der Waals surface area contributed by atoms with Crippen molar-refractivity contribution in [3.8, 4) is 0 Å². The molecule has 1 N–H and O–H groups in total. The van der Waals surface area contributed by atoms with Crippen molar-refractivity contribution in [3.05, 3.63) is 0 Å². The second kappa shape index (κ2) is 4.42. The lowest BCUT2D eigenvalue weighted by atomic mass is 10.2. The van der Waals surface area contributed by atoms with Crippen LogP contribution in [0.5, 0.6) is 0 Å². The lowest BCUT2D eigenvalue weighted by Crippen LogP contribution is -2.33. The maximum Gasteiger partial charge on any atom is 0.305 e. The number of likely N-dealkylation sites (N-methyl/N-ethyl adjacent to an activating group) is 1. The third-order valence-corrected chi connectivity index (χ3v) is 2.02. The summed E-state index contributed by atoms with van der Waals surface area (Å²) in [6.07, 6.45) is 1.22. The third-order valence-electron chi connectivity index (χ3n) is 2.02. The van der Waals surface area contributed by atoms with Crippen molar-refractivity contribution < 1.29 is 9.90 Å². The second-order valence-corrected chi connectivity index (χ2v) is 3.27. The molecule has 1 unspecified atom stereocenters. The molecule has 4 nitrogen and oxygen atoms in total. The second-order valence-electron chi connectivity index (χ2n) is 3.27. The van der Waals surface area contributed by atoms with Gasteiger partial charge in [-0.25, -0.2) is 5.32 Å². The fourth-order valence-electron chi connectivity index (χ4n) is 1.45. The molecule has 1 rings (SSSR count). The molecule has 1 radical (unpaired) electrons. The van der Waals surface area contributed by atoms with Crippen molar-refractivity contribution in [3.63, 3.8) is 0 Å². The molecule has 1 heterocycles. The highest BCUT2D eigenvalue weighted by molar-refractivity contribution is 5.67. The number of carbonyl (C=O) groups is 1. The third kappa shape index (κ3) is 3.19. The van der Waals surface area contributed by atoms with E-state index in [9.17, 15) is 4.79 Å². The molecule has 4 heteroatoms. The largest absolute Gasteiger partial charge is 0.481 e. The first-order chi connectivity index (χ1) is 5.68. The van der Waals surface area contributed by atoms with Gasteiger partial charge in [0.15, 0.2) is 0 Å². The van der Waals surface area contributed by atoms with E-state index in [1.807, 2.05) is 7.05 Å². The highest BCUT2D eigenvalue weighted by atomic mass is 16.4. The molecule has 0 bridgehead atoms. The molecule has 69 valence electrons. The van der Waals surface area contributed by atoms with Crippen molar-refractivity contribution in [1.82, 2.24) is 10.2 Å². The lowest BCUT2D eigenvalue weighted by molar-refractivity contribution is -0.137. The van der Waals surface area contributed by atoms with Crippen molar-refractivity contribution in [1.29, 1.82) is 0 Å². The van der Waals surface area contributed by atoms with Crippen LogP contribution in [0.1, 0.15) is 12.8 Å². The summed E-state index contributed by atoms with van der Waals surface area (Å²) in [7, 11) is 2.01. The summed E-state index contributed by atoms with van der Waals surface area (Å²) in [6.45, 7) is 2.62. The van der Waals surface area contributed by atoms with Crippen molar-refractivity contribution in [2.75, 3.05) is 26.7 Å². The number of carboxylic acid groups (broad SMARTS) is 1. The Balaban J connectivity index is 2.35. The van der Waals surface area contributed by atoms with E-state index < -0.39 is 5.97 Å². The molecule has 0 spiro atoms. The Morgan fingerprint density at radius 3 is 3.17 bits per heavy atom. The fraction of sp³-hybridized carbons (Fsp3) is 0.875. The SMILES string of the molecule is CN1CCC[N]C(CC(=O)O)C1. The standard InChI is InChI=1S/C8H15N2O2/c1-10-4-2-3-9-7(6-10)5-8(11)12/h7H,2-6H2,1H3,(H,11,12). The summed E-state index contributed by atoms with van der Waals surface area (Å²) in [5, 5.41) is 12.9. The number of nitrogens with zero attached hydrogens (tertiary/aromatic N) is 2. The molecule has 0 aliphatic carbocycles. The number of rotatable bonds is 2. The normalized spacial score (nSPS) is 26.6. The van der Waals surface area contributed by atoms with Crippen molar-refractivity contribution in [2.24, 2.45) is 0 Å². The van der Waals surface area contributed by atoms with Crippen LogP contribution in [-0.2, 0) is 4.79 Å². The zero-order valence-corrected chi connectivity index (χ0v) is 7.36. The van der Waals surface area contributed by atoms with Gasteiger partial charge in [0.1, 0.15) is 0 Å². The molecule has 0 amide bonds. The summed E-state index contributed by atoms with van der Waals surface area (Å²) in [5.74, 6) is -0.751. The predicted molar refractivity (Wildman–Crippen MR) is 45.2 cm³/mol. The first-order valence-corrected chi connectivity index (χ1v) is 4.25. The lowest BCUT2D eigenvalue weighted by Gasteiger charge is -2.17. The quantitative estimate of drug-likeness (QED) is 0.624. The van der Waals surface area contributed by atoms with Gasteiger partial charge in [0.25, 0.3) is 0 Å². The van der Waals surface area contributed by atoms with Gasteiger partial charge in [-0.1, -0.05) is 0 Å². The monoisotopic (exact) mass is 171 g/mol. The van der Waals surface area contributed by atoms with Crippen LogP contribution in [0.2, 0.25) is 0 Å². The van der Waals surface area contributed by atoms with E-state index in [1.54, 1.807) is 0 Å². The Kier molecular flexibility index (Phi) is 3.49. The van der Waals surface area contributed by atoms with Crippen LogP contribution in [0, 0.1) is 0 Å². The number of hydrogen-bond donors (Lipinski definition) is 1. The molecule has 0 aromatic heterocycles. The van der Waals surface area contributed by atoms with E-state index in [-0.39, 0.29) is 12.5 Å². The van der Waals surface area contributed by atoms with Crippen molar-refractivity contribution >= 4 is 5.97 Å². The number of carboxylic acids is 1. The summed E-state index contributed by atoms with van der Waals surface area (Å²) in [6, 6.07) is -0.00463. The average molecular weight is 171 g/mol. The van der Waals surface area contributed by atoms with Crippen LogP contribution in [0.25, 0.3) is 0 Å². The summed E-state index contributed by atoms with van der Waals surface area (Å²) >= 11 is 0. The first kappa shape index (κ1) is 9.48. The molecular weight excluding hydrogens is 156 g/mol. The molecule has 1 saturated heterocycles. The van der Waals surface area contributed by atoms with Gasteiger partial charge >= 0.3 is 5.97 Å². The minimum absolute atomic E-state index is 0.00463. The molecule has 1 fully saturated rings. The van der Waals surface area contributed by atoms with Gasteiger partial charge in [-0.3, -0.25) is 4.79 Å². The summed E-state index contributed by atoms with van der Waals surface area (Å²) in [5.41, 5.74) is 0. The molecule has 12 heavy (non-hydrogen) atoms. The van der Waals surface area contributed by atoms with E-state index in [1.165, 1.54) is 0 Å². The van der Waals surface area contributed by atoms with Crippen molar-refractivity contribution in [2.45, 2.75) is 18.9 Å². The molecule has 1 atom stereocenters. The smallest absolute Gasteiger partial charge is 0.305 e. The summed E-state index contributed by atoms with van der Waals surface area (Å²) in [4.78, 5) is 12.6. The van der Waals surface area contributed by atoms with E-state index in [0.29, 0.717) is 0 Å². The minimum Gasteiger partial charge on any atom is -0.481 e. The Labute approximate surface area is 72.6 Å². The number of hydrogen-bond acceptors (Lipinski definition) is 2. The van der Waals surface area contributed by atoms with Crippen LogP contribution in [-0.4, -0.2) is 48.7 Å². The van der Waals surface area contributed by atoms with Gasteiger partial charge in [-0.05, 0) is 20.0 Å². The highest BCUT2D eigenvalue weighted by Gasteiger charge is 2.18. The minimum atomic E-state index is -0.751. The van der Waals surface area contributed by atoms with E-state index in [4.69, 9.17) is 5.11 Å². The molecular formula is C8H15N2O2. The highest BCUT2D eigenvalue weighted by Crippen LogP contribution is 2.02. The van der Waals surface area contributed by atoms with E-state index >= 15 is 0 Å². The zero-order chi connectivity index (χ0) is 8.97. The maximum atomic E-state index is 10.4. The van der Waals surface area contributed by atoms with Crippen LogP contribution >= 0.6 is 0 Å². The van der Waals surface area contributed by atoms with Gasteiger partial charge in [-0.2, -0.15) is 0 Å². The molecule has 1 aliphatic heterocycles. The van der Waals surface area contributed by atoms with Crippen LogP contribution in [0.15, 0.2) is 0 Å². The van der Waals surface area contributed by atoms with Crippen LogP contribution < -0.4 is 5.32 Å². The van der Waals surface area contributed by atoms with Gasteiger partial charge in [0.05, 0.1) is 6.42 Å². The Bertz CT molecular complexity index is 161. The maximum absolute atomic E-state index is 10.4. The Morgan fingerprint density at radius 1 is 1.75 bits per heavy atom. The van der Waals surface area contributed by atoms with Crippen LogP contribution in [0.4, 0.5) is 0 Å². The molecule has 0 saturated carbocycles. The molecule has 1 aliphatic rings. The average Bonchev–Trinajstić information content (AvgIpc) is 2.12. The zero-order valence-electron chi connectivity index (χ0n) is 7.36. The van der Waals surface area contributed by atoms with E-state index in [0.717, 1.165) is 26.1 Å². The van der Waals surface area contributed by atoms with Gasteiger partial charge in [0.2, 0.25) is 0 Å². The Hall–Kier alpha value is -0.610. The van der Waals surface area contributed by atoms with Gasteiger partial charge < -0.3 is 10.0 Å². The molecule has 0 aromatic carbocycles. The van der Waals surface area contributed by atoms with Gasteiger partial charge in [0, 0.05) is 19.1 Å². The fourth-order valence-corrected chi connectivity index (χ4v) is 1.45. The Morgan fingerprint density at radius 2 is 2.50 bits per heavy atom. The number of aliphatic carboxylic acids is 1. The first-order valence-electron chi connectivity index (χ1n) is 4.25. The van der Waals surface area contributed by atoms with Gasteiger partial charge in [-0.15, -0.1) is 0 Å². The van der Waals surface area contributed by atoms with Crippen LogP contribution in [0.3, 0.4) is 0 Å². The summed E-state index contributed by atoms with van der Waals surface area (Å²) < 4.78 is 0. The topological polar surface area (TPSA) is 54.6 Å². The van der Waals surface area contributed by atoms with E-state index in [2.05, 4.69) is 10.2 Å². The molecule has 0 aromatic rings. The predicted octanol–water partition coefficient (Wildman–Crippen LogP) is -0.230.